The van der Waals surface area contributed by atoms with Crippen molar-refractivity contribution in [2.45, 2.75) is 36.5 Å². The van der Waals surface area contributed by atoms with E-state index in [1.54, 1.807) is 56.4 Å². The van der Waals surface area contributed by atoms with Crippen LogP contribution in [0.15, 0.2) is 58.3 Å². The van der Waals surface area contributed by atoms with Crippen molar-refractivity contribution in [3.05, 3.63) is 59.7 Å². The zero-order valence-corrected chi connectivity index (χ0v) is 23.1. The molecule has 1 aliphatic heterocycles. The van der Waals surface area contributed by atoms with Gasteiger partial charge in [0.05, 0.1) is 9.79 Å². The second kappa shape index (κ2) is 12.8. The second-order valence-corrected chi connectivity index (χ2v) is 14.7. The third-order valence-corrected chi connectivity index (χ3v) is 11.6. The zero-order valence-electron chi connectivity index (χ0n) is 19.9. The molecule has 2 aromatic rings. The maximum absolute atomic E-state index is 13.2. The average Bonchev–Trinajstić information content (AvgIpc) is 2.80. The van der Waals surface area contributed by atoms with Crippen LogP contribution in [0.25, 0.3) is 0 Å². The first-order valence-electron chi connectivity index (χ1n) is 11.5. The van der Waals surface area contributed by atoms with Crippen LogP contribution in [0.4, 0.5) is 0 Å². The molecule has 0 saturated carbocycles. The van der Waals surface area contributed by atoms with Crippen LogP contribution in [-0.2, 0) is 20.0 Å². The zero-order chi connectivity index (χ0) is 24.6. The van der Waals surface area contributed by atoms with E-state index in [2.05, 4.69) is 0 Å². The summed E-state index contributed by atoms with van der Waals surface area (Å²) in [6.07, 6.45) is 1.46. The third-order valence-electron chi connectivity index (χ3n) is 5.68. The van der Waals surface area contributed by atoms with E-state index in [9.17, 15) is 16.8 Å². The van der Waals surface area contributed by atoms with Crippen molar-refractivity contribution >= 4 is 43.6 Å². The van der Waals surface area contributed by atoms with Crippen LogP contribution < -0.4 is 0 Å². The summed E-state index contributed by atoms with van der Waals surface area (Å²) in [6.45, 7) is 5.73. The number of thioether (sulfide) groups is 2. The number of sulfonamides is 2. The largest absolute Gasteiger partial charge is 0.243 e. The molecule has 0 aromatic heterocycles. The Hall–Kier alpha value is -1.04. The first-order valence-corrected chi connectivity index (χ1v) is 16.7. The minimum Gasteiger partial charge on any atom is -0.207 e. The van der Waals surface area contributed by atoms with Crippen LogP contribution in [-0.4, -0.2) is 74.6 Å². The first kappa shape index (κ1) is 27.5. The Kier molecular flexibility index (Phi) is 10.4. The van der Waals surface area contributed by atoms with Crippen molar-refractivity contribution in [3.8, 4) is 0 Å². The molecular formula is C24H34N2O4S4. The van der Waals surface area contributed by atoms with Gasteiger partial charge in [0.15, 0.2) is 0 Å². The molecule has 0 atom stereocenters. The molecule has 0 radical (unpaired) electrons. The monoisotopic (exact) mass is 542 g/mol. The highest BCUT2D eigenvalue weighted by atomic mass is 32.2. The summed E-state index contributed by atoms with van der Waals surface area (Å²) >= 11 is 3.35. The van der Waals surface area contributed by atoms with Crippen LogP contribution in [0.2, 0.25) is 0 Å². The van der Waals surface area contributed by atoms with Crippen LogP contribution in [0.5, 0.6) is 0 Å². The molecule has 0 unspecified atom stereocenters. The van der Waals surface area contributed by atoms with E-state index in [0.717, 1.165) is 35.5 Å². The molecule has 6 nitrogen and oxygen atoms in total. The van der Waals surface area contributed by atoms with Crippen molar-refractivity contribution in [1.82, 2.24) is 8.61 Å². The van der Waals surface area contributed by atoms with Gasteiger partial charge < -0.3 is 0 Å². The fraction of sp³-hybridized carbons (Fsp3) is 0.500. The Morgan fingerprint density at radius 3 is 1.29 bits per heavy atom. The Balaban J connectivity index is 1.64. The summed E-state index contributed by atoms with van der Waals surface area (Å²) in [7, 11) is -7.04. The maximum Gasteiger partial charge on any atom is 0.243 e. The molecule has 188 valence electrons. The highest BCUT2D eigenvalue weighted by Gasteiger charge is 2.25. The van der Waals surface area contributed by atoms with E-state index in [1.807, 2.05) is 38.1 Å². The standard InChI is InChI=1S/C24H34N2O4S4/c1-21-5-9-23(10-6-21)33(27,28)25-13-3-17-31-19-15-26(16-20-32-18-4-14-25)34(29,30)24-11-7-22(2)8-12-24/h5-12H,3-4,13-20H2,1-2H3. The SMILES string of the molecule is Cc1ccc(S(=O)(=O)N2CCCSCCN(S(=O)(=O)c3ccc(C)cc3)CCSCCC2)cc1. The predicted molar refractivity (Wildman–Crippen MR) is 144 cm³/mol. The predicted octanol–water partition coefficient (Wildman–Crippen LogP) is 4.25. The topological polar surface area (TPSA) is 74.8 Å². The summed E-state index contributed by atoms with van der Waals surface area (Å²) < 4.78 is 55.9. The lowest BCUT2D eigenvalue weighted by Gasteiger charge is -2.24. The quantitative estimate of drug-likeness (QED) is 0.575. The molecule has 3 rings (SSSR count). The molecule has 1 heterocycles. The lowest BCUT2D eigenvalue weighted by atomic mass is 10.2. The Morgan fingerprint density at radius 1 is 0.559 bits per heavy atom. The molecular weight excluding hydrogens is 509 g/mol. The fourth-order valence-corrected chi connectivity index (χ4v) is 8.61. The van der Waals surface area contributed by atoms with E-state index < -0.39 is 20.0 Å². The molecule has 0 N–H and O–H groups in total. The highest BCUT2D eigenvalue weighted by Crippen LogP contribution is 2.21. The number of rotatable bonds is 4. The van der Waals surface area contributed by atoms with Gasteiger partial charge in [0.2, 0.25) is 20.0 Å². The van der Waals surface area contributed by atoms with Crippen molar-refractivity contribution in [2.24, 2.45) is 0 Å². The maximum atomic E-state index is 13.2. The highest BCUT2D eigenvalue weighted by molar-refractivity contribution is 7.99. The Labute approximate surface area is 213 Å². The van der Waals surface area contributed by atoms with E-state index in [4.69, 9.17) is 0 Å². The Morgan fingerprint density at radius 2 is 0.912 bits per heavy atom. The normalized spacial score (nSPS) is 18.9. The smallest absolute Gasteiger partial charge is 0.207 e. The molecule has 0 spiro atoms. The molecule has 1 fully saturated rings. The van der Waals surface area contributed by atoms with Crippen LogP contribution in [0.1, 0.15) is 24.0 Å². The lowest BCUT2D eigenvalue weighted by molar-refractivity contribution is 0.411. The van der Waals surface area contributed by atoms with Gasteiger partial charge in [0.1, 0.15) is 0 Å². The van der Waals surface area contributed by atoms with Gasteiger partial charge in [-0.05, 0) is 62.5 Å². The van der Waals surface area contributed by atoms with Gasteiger partial charge in [0, 0.05) is 37.7 Å². The molecule has 1 saturated heterocycles. The van der Waals surface area contributed by atoms with Gasteiger partial charge in [-0.3, -0.25) is 0 Å². The minimum absolute atomic E-state index is 0.339. The number of hydrogen-bond acceptors (Lipinski definition) is 6. The van der Waals surface area contributed by atoms with Gasteiger partial charge in [-0.15, -0.1) is 0 Å². The first-order chi connectivity index (χ1) is 16.2. The molecule has 34 heavy (non-hydrogen) atoms. The third kappa shape index (κ3) is 7.48. The lowest BCUT2D eigenvalue weighted by Crippen LogP contribution is -2.36. The molecule has 1 aliphatic rings. The summed E-state index contributed by atoms with van der Waals surface area (Å²) in [5.41, 5.74) is 2.07. The number of nitrogens with zero attached hydrogens (tertiary/aromatic N) is 2. The second-order valence-electron chi connectivity index (χ2n) is 8.37. The van der Waals surface area contributed by atoms with Gasteiger partial charge in [-0.25, -0.2) is 16.8 Å². The molecule has 2 aromatic carbocycles. The molecule has 0 aliphatic carbocycles. The number of hydrogen-bond donors (Lipinski definition) is 0. The van der Waals surface area contributed by atoms with Gasteiger partial charge in [-0.2, -0.15) is 32.1 Å². The fourth-order valence-electron chi connectivity index (χ4n) is 3.65. The van der Waals surface area contributed by atoms with Crippen molar-refractivity contribution in [2.75, 3.05) is 49.2 Å². The Bertz CT molecular complexity index is 1010. The summed E-state index contributed by atoms with van der Waals surface area (Å²) in [6, 6.07) is 14.1. The van der Waals surface area contributed by atoms with Crippen LogP contribution >= 0.6 is 23.5 Å². The van der Waals surface area contributed by atoms with Crippen molar-refractivity contribution < 1.29 is 16.8 Å². The van der Waals surface area contributed by atoms with Gasteiger partial charge >= 0.3 is 0 Å². The average molecular weight is 543 g/mol. The molecule has 0 bridgehead atoms. The van der Waals surface area contributed by atoms with E-state index >= 15 is 0 Å². The van der Waals surface area contributed by atoms with Gasteiger partial charge in [0.25, 0.3) is 0 Å². The van der Waals surface area contributed by atoms with E-state index in [-0.39, 0.29) is 0 Å². The number of benzene rings is 2. The van der Waals surface area contributed by atoms with Gasteiger partial charge in [-0.1, -0.05) is 35.4 Å². The molecule has 10 heteroatoms. The van der Waals surface area contributed by atoms with E-state index in [0.29, 0.717) is 47.5 Å². The van der Waals surface area contributed by atoms with Crippen LogP contribution in [0.3, 0.4) is 0 Å². The summed E-state index contributed by atoms with van der Waals surface area (Å²) in [4.78, 5) is 0.683. The van der Waals surface area contributed by atoms with Crippen LogP contribution in [0, 0.1) is 13.8 Å². The summed E-state index contributed by atoms with van der Waals surface area (Å²) in [5, 5.41) is 0. The van der Waals surface area contributed by atoms with Crippen molar-refractivity contribution in [1.29, 1.82) is 0 Å². The minimum atomic E-state index is -3.53. The molecule has 0 amide bonds. The number of aryl methyl sites for hydroxylation is 2. The summed E-state index contributed by atoms with van der Waals surface area (Å²) in [5.74, 6) is 2.93. The van der Waals surface area contributed by atoms with Crippen molar-refractivity contribution in [3.63, 3.8) is 0 Å². The van der Waals surface area contributed by atoms with E-state index in [1.165, 1.54) is 0 Å².